The molecule has 0 saturated carbocycles. The third-order valence-corrected chi connectivity index (χ3v) is 4.97. The van der Waals surface area contributed by atoms with E-state index in [1.807, 2.05) is 24.3 Å². The molecule has 2 aromatic carbocycles. The number of benzene rings is 2. The van der Waals surface area contributed by atoms with Crippen LogP contribution in [0, 0.1) is 11.6 Å². The number of para-hydroxylation sites is 2. The van der Waals surface area contributed by atoms with Gasteiger partial charge >= 0.3 is 0 Å². The van der Waals surface area contributed by atoms with Gasteiger partial charge in [-0.1, -0.05) is 12.1 Å². The summed E-state index contributed by atoms with van der Waals surface area (Å²) >= 11 is 0. The van der Waals surface area contributed by atoms with E-state index in [0.29, 0.717) is 12.6 Å². The average molecular weight is 360 g/mol. The van der Waals surface area contributed by atoms with Crippen LogP contribution >= 0.6 is 0 Å². The first-order chi connectivity index (χ1) is 12.7. The molecule has 4 nitrogen and oxygen atoms in total. The predicted octanol–water partition coefficient (Wildman–Crippen LogP) is 3.36. The van der Waals surface area contributed by atoms with Crippen LogP contribution in [0.4, 0.5) is 14.5 Å². The molecule has 2 aliphatic heterocycles. The van der Waals surface area contributed by atoms with Crippen LogP contribution in [0.15, 0.2) is 42.5 Å². The maximum absolute atomic E-state index is 13.4. The lowest BCUT2D eigenvalue weighted by atomic mass is 10.0. The van der Waals surface area contributed by atoms with E-state index >= 15 is 0 Å². The zero-order valence-electron chi connectivity index (χ0n) is 14.5. The summed E-state index contributed by atoms with van der Waals surface area (Å²) in [6.07, 6.45) is 1.89. The smallest absolute Gasteiger partial charge is 0.161 e. The van der Waals surface area contributed by atoms with Gasteiger partial charge < -0.3 is 19.7 Å². The van der Waals surface area contributed by atoms with Gasteiger partial charge in [-0.3, -0.25) is 0 Å². The van der Waals surface area contributed by atoms with Gasteiger partial charge in [-0.05, 0) is 37.1 Å². The molecule has 0 radical (unpaired) electrons. The molecule has 0 spiro atoms. The summed E-state index contributed by atoms with van der Waals surface area (Å²) in [5.74, 6) is -0.0126. The van der Waals surface area contributed by atoms with Crippen molar-refractivity contribution < 1.29 is 18.3 Å². The molecule has 2 heterocycles. The number of anilines is 1. The van der Waals surface area contributed by atoms with Crippen LogP contribution in [0.2, 0.25) is 0 Å². The molecule has 0 aliphatic carbocycles. The molecule has 1 N–H and O–H groups in total. The maximum Gasteiger partial charge on any atom is 0.161 e. The third-order valence-electron chi connectivity index (χ3n) is 4.97. The van der Waals surface area contributed by atoms with Gasteiger partial charge in [0, 0.05) is 37.4 Å². The van der Waals surface area contributed by atoms with E-state index in [1.165, 1.54) is 12.1 Å². The molecule has 26 heavy (non-hydrogen) atoms. The van der Waals surface area contributed by atoms with Gasteiger partial charge in [0.1, 0.15) is 12.7 Å². The highest BCUT2D eigenvalue weighted by Crippen LogP contribution is 2.30. The first kappa shape index (κ1) is 17.1. The normalized spacial score (nSPS) is 20.2. The largest absolute Gasteiger partial charge is 0.486 e. The zero-order valence-corrected chi connectivity index (χ0v) is 14.5. The van der Waals surface area contributed by atoms with Gasteiger partial charge in [-0.2, -0.15) is 0 Å². The number of halogens is 2. The molecule has 0 bridgehead atoms. The molecule has 0 aromatic heterocycles. The number of fused-ring (bicyclic) bond motifs is 1. The second-order valence-corrected chi connectivity index (χ2v) is 6.77. The minimum absolute atomic E-state index is 0.00544. The molecule has 2 aliphatic rings. The SMILES string of the molecule is Fc1ccc(N2CCC(NCC3COc4ccccc4O3)CC2)cc1F. The van der Waals surface area contributed by atoms with Gasteiger partial charge in [0.15, 0.2) is 23.1 Å². The van der Waals surface area contributed by atoms with Crippen LogP contribution in [0.1, 0.15) is 12.8 Å². The summed E-state index contributed by atoms with van der Waals surface area (Å²) in [7, 11) is 0. The second kappa shape index (κ2) is 7.50. The predicted molar refractivity (Wildman–Crippen MR) is 95.9 cm³/mol. The third kappa shape index (κ3) is 3.75. The monoisotopic (exact) mass is 360 g/mol. The Morgan fingerprint density at radius 1 is 1.00 bits per heavy atom. The van der Waals surface area contributed by atoms with Crippen molar-refractivity contribution in [1.29, 1.82) is 0 Å². The van der Waals surface area contributed by atoms with E-state index in [0.717, 1.165) is 49.7 Å². The van der Waals surface area contributed by atoms with E-state index in [9.17, 15) is 8.78 Å². The molecule has 138 valence electrons. The fourth-order valence-corrected chi connectivity index (χ4v) is 3.49. The van der Waals surface area contributed by atoms with Crippen LogP contribution in [-0.4, -0.2) is 38.4 Å². The minimum Gasteiger partial charge on any atom is -0.486 e. The van der Waals surface area contributed by atoms with Crippen LogP contribution in [0.5, 0.6) is 11.5 Å². The number of nitrogens with zero attached hydrogens (tertiary/aromatic N) is 1. The van der Waals surface area contributed by atoms with Crippen molar-refractivity contribution in [2.24, 2.45) is 0 Å². The Morgan fingerprint density at radius 3 is 2.54 bits per heavy atom. The Bertz CT molecular complexity index is 763. The van der Waals surface area contributed by atoms with Gasteiger partial charge in [-0.25, -0.2) is 8.78 Å². The highest BCUT2D eigenvalue weighted by Gasteiger charge is 2.24. The first-order valence-electron chi connectivity index (χ1n) is 9.01. The van der Waals surface area contributed by atoms with Gasteiger partial charge in [0.2, 0.25) is 0 Å². The van der Waals surface area contributed by atoms with Crippen molar-refractivity contribution >= 4 is 5.69 Å². The zero-order chi connectivity index (χ0) is 17.9. The minimum atomic E-state index is -0.804. The molecule has 4 rings (SSSR count). The van der Waals surface area contributed by atoms with Gasteiger partial charge in [0.05, 0.1) is 0 Å². The van der Waals surface area contributed by atoms with Crippen LogP contribution < -0.4 is 19.7 Å². The fourth-order valence-electron chi connectivity index (χ4n) is 3.49. The topological polar surface area (TPSA) is 33.7 Å². The Hall–Kier alpha value is -2.34. The molecule has 1 saturated heterocycles. The number of hydrogen-bond donors (Lipinski definition) is 1. The Balaban J connectivity index is 1.25. The number of piperidine rings is 1. The Morgan fingerprint density at radius 2 is 1.77 bits per heavy atom. The number of ether oxygens (including phenoxy) is 2. The van der Waals surface area contributed by atoms with Crippen LogP contribution in [0.3, 0.4) is 0 Å². The summed E-state index contributed by atoms with van der Waals surface area (Å²) in [4.78, 5) is 2.09. The number of nitrogens with one attached hydrogen (secondary N) is 1. The molecule has 6 heteroatoms. The van der Waals surface area contributed by atoms with Crippen molar-refractivity contribution in [2.45, 2.75) is 25.0 Å². The molecule has 1 unspecified atom stereocenters. The maximum atomic E-state index is 13.4. The summed E-state index contributed by atoms with van der Waals surface area (Å²) in [6, 6.07) is 12.2. The summed E-state index contributed by atoms with van der Waals surface area (Å²) in [5.41, 5.74) is 0.739. The summed E-state index contributed by atoms with van der Waals surface area (Å²) in [6.45, 7) is 2.89. The second-order valence-electron chi connectivity index (χ2n) is 6.77. The van der Waals surface area contributed by atoms with E-state index in [2.05, 4.69) is 10.2 Å². The van der Waals surface area contributed by atoms with Crippen molar-refractivity contribution in [2.75, 3.05) is 31.1 Å². The molecule has 1 atom stereocenters. The molecular weight excluding hydrogens is 338 g/mol. The molecular formula is C20H22F2N2O2. The average Bonchev–Trinajstić information content (AvgIpc) is 2.69. The van der Waals surface area contributed by atoms with E-state index < -0.39 is 11.6 Å². The summed E-state index contributed by atoms with van der Waals surface area (Å²) in [5, 5.41) is 3.55. The lowest BCUT2D eigenvalue weighted by Crippen LogP contribution is -2.47. The van der Waals surface area contributed by atoms with Gasteiger partial charge in [0.25, 0.3) is 0 Å². The van der Waals surface area contributed by atoms with Crippen molar-refractivity contribution in [3.8, 4) is 11.5 Å². The van der Waals surface area contributed by atoms with Gasteiger partial charge in [-0.15, -0.1) is 0 Å². The quantitative estimate of drug-likeness (QED) is 0.907. The van der Waals surface area contributed by atoms with E-state index in [1.54, 1.807) is 6.07 Å². The fraction of sp³-hybridized carbons (Fsp3) is 0.400. The van der Waals surface area contributed by atoms with Crippen molar-refractivity contribution in [1.82, 2.24) is 5.32 Å². The highest BCUT2D eigenvalue weighted by molar-refractivity contribution is 5.47. The van der Waals surface area contributed by atoms with Crippen molar-refractivity contribution in [3.63, 3.8) is 0 Å². The van der Waals surface area contributed by atoms with E-state index in [4.69, 9.17) is 9.47 Å². The standard InChI is InChI=1S/C20H22F2N2O2/c21-17-6-5-15(11-18(17)22)24-9-7-14(8-10-24)23-12-16-13-25-19-3-1-2-4-20(19)26-16/h1-6,11,14,16,23H,7-10,12-13H2. The molecule has 2 aromatic rings. The van der Waals surface area contributed by atoms with Crippen molar-refractivity contribution in [3.05, 3.63) is 54.1 Å². The van der Waals surface area contributed by atoms with Crippen LogP contribution in [-0.2, 0) is 0 Å². The summed E-state index contributed by atoms with van der Waals surface area (Å²) < 4.78 is 38.2. The first-order valence-corrected chi connectivity index (χ1v) is 9.01. The Labute approximate surface area is 151 Å². The number of rotatable bonds is 4. The highest BCUT2D eigenvalue weighted by atomic mass is 19.2. The molecule has 0 amide bonds. The van der Waals surface area contributed by atoms with E-state index in [-0.39, 0.29) is 6.10 Å². The number of hydrogen-bond acceptors (Lipinski definition) is 4. The lowest BCUT2D eigenvalue weighted by molar-refractivity contribution is 0.0873. The Kier molecular flexibility index (Phi) is 4.93. The van der Waals surface area contributed by atoms with Crippen LogP contribution in [0.25, 0.3) is 0 Å². The molecule has 1 fully saturated rings. The lowest BCUT2D eigenvalue weighted by Gasteiger charge is -2.35.